The van der Waals surface area contributed by atoms with Crippen molar-refractivity contribution in [2.45, 2.75) is 12.5 Å². The summed E-state index contributed by atoms with van der Waals surface area (Å²) in [6, 6.07) is 13.5. The fourth-order valence-corrected chi connectivity index (χ4v) is 2.97. The molecule has 21 heavy (non-hydrogen) atoms. The highest BCUT2D eigenvalue weighted by molar-refractivity contribution is 7.09. The number of aliphatic hydroxyl groups is 1. The molecule has 3 aromatic rings. The van der Waals surface area contributed by atoms with E-state index in [-0.39, 0.29) is 0 Å². The molecule has 0 radical (unpaired) electrons. The number of nitrogens with zero attached hydrogens (tertiary/aromatic N) is 2. The number of pyridine rings is 1. The van der Waals surface area contributed by atoms with Crippen LogP contribution in [0.25, 0.3) is 11.3 Å². The van der Waals surface area contributed by atoms with Crippen molar-refractivity contribution in [2.24, 2.45) is 0 Å². The van der Waals surface area contributed by atoms with Crippen LogP contribution in [-0.2, 0) is 6.42 Å². The Hall–Kier alpha value is -1.75. The van der Waals surface area contributed by atoms with Gasteiger partial charge in [-0.15, -0.1) is 11.3 Å². The van der Waals surface area contributed by atoms with E-state index in [0.717, 1.165) is 21.8 Å². The zero-order valence-electron chi connectivity index (χ0n) is 11.1. The van der Waals surface area contributed by atoms with Gasteiger partial charge >= 0.3 is 0 Å². The van der Waals surface area contributed by atoms with Crippen LogP contribution in [0.2, 0.25) is 5.15 Å². The number of halogens is 1. The first kappa shape index (κ1) is 14.2. The van der Waals surface area contributed by atoms with Crippen LogP contribution in [-0.4, -0.2) is 15.1 Å². The molecule has 3 rings (SSSR count). The third kappa shape index (κ3) is 3.47. The monoisotopic (exact) mass is 316 g/mol. The molecule has 1 aromatic carbocycles. The van der Waals surface area contributed by atoms with E-state index in [9.17, 15) is 5.11 Å². The van der Waals surface area contributed by atoms with Gasteiger partial charge in [0, 0.05) is 23.6 Å². The number of thiazole rings is 1. The fourth-order valence-electron chi connectivity index (χ4n) is 2.01. The van der Waals surface area contributed by atoms with Crippen LogP contribution in [0, 0.1) is 0 Å². The maximum Gasteiger partial charge on any atom is 0.129 e. The van der Waals surface area contributed by atoms with Crippen LogP contribution in [0.4, 0.5) is 0 Å². The molecular formula is C16H13ClN2OS. The van der Waals surface area contributed by atoms with Gasteiger partial charge in [0.2, 0.25) is 0 Å². The Balaban J connectivity index is 1.74. The van der Waals surface area contributed by atoms with Crippen molar-refractivity contribution in [3.8, 4) is 11.3 Å². The first-order valence-corrected chi connectivity index (χ1v) is 7.77. The molecule has 1 unspecified atom stereocenters. The summed E-state index contributed by atoms with van der Waals surface area (Å²) < 4.78 is 0. The van der Waals surface area contributed by atoms with E-state index in [1.165, 1.54) is 0 Å². The van der Waals surface area contributed by atoms with Gasteiger partial charge in [-0.3, -0.25) is 0 Å². The highest BCUT2D eigenvalue weighted by Crippen LogP contribution is 2.25. The lowest BCUT2D eigenvalue weighted by Gasteiger charge is -2.08. The molecule has 0 aliphatic heterocycles. The minimum Gasteiger partial charge on any atom is -0.388 e. The smallest absolute Gasteiger partial charge is 0.129 e. The maximum absolute atomic E-state index is 10.2. The SMILES string of the molecule is OC(Cc1nc(-c2ccccc2)cs1)c1ccc(Cl)nc1. The normalized spacial score (nSPS) is 12.3. The molecule has 0 fully saturated rings. The lowest BCUT2D eigenvalue weighted by Crippen LogP contribution is -2.02. The summed E-state index contributed by atoms with van der Waals surface area (Å²) >= 11 is 7.30. The highest BCUT2D eigenvalue weighted by atomic mass is 35.5. The summed E-state index contributed by atoms with van der Waals surface area (Å²) in [5, 5.41) is 13.6. The number of rotatable bonds is 4. The van der Waals surface area contributed by atoms with E-state index < -0.39 is 6.10 Å². The molecule has 1 atom stereocenters. The van der Waals surface area contributed by atoms with E-state index in [2.05, 4.69) is 9.97 Å². The largest absolute Gasteiger partial charge is 0.388 e. The molecule has 1 N–H and O–H groups in total. The number of hydrogen-bond acceptors (Lipinski definition) is 4. The van der Waals surface area contributed by atoms with Gasteiger partial charge in [-0.05, 0) is 11.6 Å². The van der Waals surface area contributed by atoms with Gasteiger partial charge in [0.15, 0.2) is 0 Å². The van der Waals surface area contributed by atoms with Crippen molar-refractivity contribution in [3.63, 3.8) is 0 Å². The van der Waals surface area contributed by atoms with E-state index in [1.807, 2.05) is 35.7 Å². The Morgan fingerprint density at radius 1 is 1.14 bits per heavy atom. The van der Waals surface area contributed by atoms with Crippen molar-refractivity contribution in [1.29, 1.82) is 0 Å². The summed E-state index contributed by atoms with van der Waals surface area (Å²) in [7, 11) is 0. The van der Waals surface area contributed by atoms with Gasteiger partial charge in [-0.1, -0.05) is 48.0 Å². The first-order chi connectivity index (χ1) is 10.2. The van der Waals surface area contributed by atoms with Gasteiger partial charge in [0.25, 0.3) is 0 Å². The molecule has 2 heterocycles. The van der Waals surface area contributed by atoms with Gasteiger partial charge < -0.3 is 5.11 Å². The van der Waals surface area contributed by atoms with E-state index in [1.54, 1.807) is 29.7 Å². The number of benzene rings is 1. The predicted molar refractivity (Wildman–Crippen MR) is 85.5 cm³/mol. The third-order valence-corrected chi connectivity index (χ3v) is 4.22. The Kier molecular flexibility index (Phi) is 4.29. The maximum atomic E-state index is 10.2. The number of aromatic nitrogens is 2. The molecule has 3 nitrogen and oxygen atoms in total. The molecule has 0 amide bonds. The van der Waals surface area contributed by atoms with Crippen LogP contribution < -0.4 is 0 Å². The van der Waals surface area contributed by atoms with Crippen LogP contribution >= 0.6 is 22.9 Å². The van der Waals surface area contributed by atoms with Crippen LogP contribution in [0.15, 0.2) is 54.0 Å². The molecule has 0 aliphatic rings. The van der Waals surface area contributed by atoms with Gasteiger partial charge in [-0.2, -0.15) is 0 Å². The Labute approximate surface area is 131 Å². The highest BCUT2D eigenvalue weighted by Gasteiger charge is 2.12. The average Bonchev–Trinajstić information content (AvgIpc) is 2.97. The quantitative estimate of drug-likeness (QED) is 0.736. The van der Waals surface area contributed by atoms with Gasteiger partial charge in [-0.25, -0.2) is 9.97 Å². The molecule has 5 heteroatoms. The molecule has 0 saturated carbocycles. The van der Waals surface area contributed by atoms with E-state index >= 15 is 0 Å². The Morgan fingerprint density at radius 2 is 1.95 bits per heavy atom. The van der Waals surface area contributed by atoms with Gasteiger partial charge in [0.05, 0.1) is 16.8 Å². The average molecular weight is 317 g/mol. The van der Waals surface area contributed by atoms with Crippen molar-refractivity contribution in [3.05, 3.63) is 69.8 Å². The third-order valence-electron chi connectivity index (χ3n) is 3.12. The summed E-state index contributed by atoms with van der Waals surface area (Å²) in [4.78, 5) is 8.56. The summed E-state index contributed by atoms with van der Waals surface area (Å²) in [5.74, 6) is 0. The number of hydrogen-bond donors (Lipinski definition) is 1. The second kappa shape index (κ2) is 6.35. The minimum absolute atomic E-state index is 0.423. The van der Waals surface area contributed by atoms with Crippen LogP contribution in [0.5, 0.6) is 0 Å². The van der Waals surface area contributed by atoms with Crippen LogP contribution in [0.3, 0.4) is 0 Å². The lowest BCUT2D eigenvalue weighted by molar-refractivity contribution is 0.178. The second-order valence-corrected chi connectivity index (χ2v) is 5.96. The molecule has 2 aromatic heterocycles. The predicted octanol–water partition coefficient (Wildman–Crippen LogP) is 4.13. The molecule has 0 spiro atoms. The molecular weight excluding hydrogens is 304 g/mol. The zero-order chi connectivity index (χ0) is 14.7. The Morgan fingerprint density at radius 3 is 2.67 bits per heavy atom. The van der Waals surface area contributed by atoms with Crippen molar-refractivity contribution in [2.75, 3.05) is 0 Å². The van der Waals surface area contributed by atoms with Crippen molar-refractivity contribution < 1.29 is 5.11 Å². The summed E-state index contributed by atoms with van der Waals surface area (Å²) in [6.45, 7) is 0. The summed E-state index contributed by atoms with van der Waals surface area (Å²) in [6.07, 6.45) is 1.45. The molecule has 106 valence electrons. The minimum atomic E-state index is -0.621. The first-order valence-electron chi connectivity index (χ1n) is 6.52. The van der Waals surface area contributed by atoms with Gasteiger partial charge in [0.1, 0.15) is 5.15 Å². The topological polar surface area (TPSA) is 46.0 Å². The fraction of sp³-hybridized carbons (Fsp3) is 0.125. The standard InChI is InChI=1S/C16H13ClN2OS/c17-15-7-6-12(9-18-15)14(20)8-16-19-13(10-21-16)11-4-2-1-3-5-11/h1-7,9-10,14,20H,8H2. The molecule has 0 bridgehead atoms. The van der Waals surface area contributed by atoms with E-state index in [4.69, 9.17) is 11.6 Å². The van der Waals surface area contributed by atoms with Crippen molar-refractivity contribution in [1.82, 2.24) is 9.97 Å². The second-order valence-electron chi connectivity index (χ2n) is 4.63. The summed E-state index contributed by atoms with van der Waals surface area (Å²) in [5.41, 5.74) is 2.77. The Bertz CT molecular complexity index is 713. The van der Waals surface area contributed by atoms with Crippen LogP contribution in [0.1, 0.15) is 16.7 Å². The molecule has 0 aliphatic carbocycles. The van der Waals surface area contributed by atoms with E-state index in [0.29, 0.717) is 11.6 Å². The lowest BCUT2D eigenvalue weighted by atomic mass is 10.1. The zero-order valence-corrected chi connectivity index (χ0v) is 12.7. The molecule has 0 saturated heterocycles. The van der Waals surface area contributed by atoms with Crippen molar-refractivity contribution >= 4 is 22.9 Å². The number of aliphatic hydroxyl groups excluding tert-OH is 1.